The third-order valence-electron chi connectivity index (χ3n) is 4.77. The fraction of sp³-hybridized carbons (Fsp3) is 0.929. The lowest BCUT2D eigenvalue weighted by Crippen LogP contribution is -2.55. The smallest absolute Gasteiger partial charge is 0.222 e. The molecule has 0 saturated carbocycles. The molecule has 3 aliphatic rings. The maximum absolute atomic E-state index is 11.7. The zero-order chi connectivity index (χ0) is 13.2. The summed E-state index contributed by atoms with van der Waals surface area (Å²) in [5, 5.41) is 3.53. The third-order valence-corrected chi connectivity index (χ3v) is 4.77. The molecule has 1 N–H and O–H groups in total. The van der Waals surface area contributed by atoms with Crippen LogP contribution in [0.4, 0.5) is 0 Å². The van der Waals surface area contributed by atoms with Crippen molar-refractivity contribution in [3.05, 3.63) is 0 Å². The summed E-state index contributed by atoms with van der Waals surface area (Å²) in [4.78, 5) is 16.3. The van der Waals surface area contributed by atoms with Gasteiger partial charge in [-0.05, 0) is 19.8 Å². The van der Waals surface area contributed by atoms with Crippen molar-refractivity contribution in [2.45, 2.75) is 44.3 Å². The highest BCUT2D eigenvalue weighted by Crippen LogP contribution is 2.24. The first-order valence-corrected chi connectivity index (χ1v) is 7.58. The number of hydrogen-bond donors (Lipinski definition) is 1. The normalized spacial score (nSPS) is 34.4. The molecule has 19 heavy (non-hydrogen) atoms. The van der Waals surface area contributed by atoms with Gasteiger partial charge in [-0.15, -0.1) is 0 Å². The minimum absolute atomic E-state index is 0.361. The molecule has 108 valence electrons. The Morgan fingerprint density at radius 2 is 2.37 bits per heavy atom. The summed E-state index contributed by atoms with van der Waals surface area (Å²) < 4.78 is 5.52. The Labute approximate surface area is 115 Å². The number of nitrogens with zero attached hydrogens (tertiary/aromatic N) is 2. The maximum atomic E-state index is 11.7. The quantitative estimate of drug-likeness (QED) is 0.785. The van der Waals surface area contributed by atoms with Crippen LogP contribution in [0.25, 0.3) is 0 Å². The highest BCUT2D eigenvalue weighted by molar-refractivity contribution is 5.78. The highest BCUT2D eigenvalue weighted by Gasteiger charge is 2.36. The van der Waals surface area contributed by atoms with Crippen LogP contribution < -0.4 is 5.32 Å². The molecule has 3 rings (SSSR count). The minimum atomic E-state index is 0.361. The number of rotatable bonds is 3. The zero-order valence-electron chi connectivity index (χ0n) is 11.8. The molecule has 0 radical (unpaired) electrons. The second-order valence-electron chi connectivity index (χ2n) is 6.09. The molecule has 0 spiro atoms. The molecule has 3 heterocycles. The number of amides is 1. The molecule has 3 aliphatic heterocycles. The van der Waals surface area contributed by atoms with Gasteiger partial charge in [-0.3, -0.25) is 9.69 Å². The first-order valence-electron chi connectivity index (χ1n) is 7.58. The van der Waals surface area contributed by atoms with Gasteiger partial charge in [0, 0.05) is 50.7 Å². The summed E-state index contributed by atoms with van der Waals surface area (Å²) in [6.07, 6.45) is 2.94. The highest BCUT2D eigenvalue weighted by atomic mass is 16.5. The lowest BCUT2D eigenvalue weighted by Gasteiger charge is -2.41. The number of carbonyl (C=O) groups is 1. The fourth-order valence-electron chi connectivity index (χ4n) is 3.62. The van der Waals surface area contributed by atoms with Crippen LogP contribution in [0.15, 0.2) is 0 Å². The molecule has 0 aromatic rings. The van der Waals surface area contributed by atoms with Gasteiger partial charge < -0.3 is 15.0 Å². The number of hydrogen-bond acceptors (Lipinski definition) is 4. The van der Waals surface area contributed by atoms with Crippen molar-refractivity contribution in [2.24, 2.45) is 0 Å². The van der Waals surface area contributed by atoms with E-state index >= 15 is 0 Å². The Morgan fingerprint density at radius 1 is 1.47 bits per heavy atom. The topological polar surface area (TPSA) is 44.8 Å². The molecule has 5 nitrogen and oxygen atoms in total. The van der Waals surface area contributed by atoms with Crippen LogP contribution in [-0.4, -0.2) is 73.2 Å². The number of piperazine rings is 1. The maximum Gasteiger partial charge on any atom is 0.222 e. The van der Waals surface area contributed by atoms with E-state index in [0.717, 1.165) is 58.7 Å². The van der Waals surface area contributed by atoms with Gasteiger partial charge in [0.15, 0.2) is 0 Å². The molecular weight excluding hydrogens is 242 g/mol. The molecule has 1 amide bonds. The number of nitrogens with one attached hydrogen (secondary N) is 1. The summed E-state index contributed by atoms with van der Waals surface area (Å²) in [5.74, 6) is 0.361. The van der Waals surface area contributed by atoms with Gasteiger partial charge in [0.25, 0.3) is 0 Å². The molecule has 0 aromatic carbocycles. The first-order chi connectivity index (χ1) is 9.24. The zero-order valence-corrected chi connectivity index (χ0v) is 11.8. The Kier molecular flexibility index (Phi) is 4.05. The average molecular weight is 267 g/mol. The van der Waals surface area contributed by atoms with E-state index in [2.05, 4.69) is 22.0 Å². The summed E-state index contributed by atoms with van der Waals surface area (Å²) in [6, 6.07) is 1.53. The van der Waals surface area contributed by atoms with Crippen LogP contribution >= 0.6 is 0 Å². The number of carbonyl (C=O) groups excluding carboxylic acids is 1. The molecule has 3 atom stereocenters. The molecule has 0 bridgehead atoms. The molecule has 3 fully saturated rings. The van der Waals surface area contributed by atoms with Crippen molar-refractivity contribution in [3.8, 4) is 0 Å². The SMILES string of the molecule is CC(CC1COCCN1)N1CCN2C(=O)CCC2C1. The lowest BCUT2D eigenvalue weighted by molar-refractivity contribution is -0.131. The summed E-state index contributed by atoms with van der Waals surface area (Å²) in [7, 11) is 0. The van der Waals surface area contributed by atoms with Crippen molar-refractivity contribution in [3.63, 3.8) is 0 Å². The van der Waals surface area contributed by atoms with Crippen LogP contribution in [0.3, 0.4) is 0 Å². The van der Waals surface area contributed by atoms with Crippen LogP contribution in [0.5, 0.6) is 0 Å². The van der Waals surface area contributed by atoms with E-state index in [4.69, 9.17) is 4.74 Å². The number of morpholine rings is 1. The van der Waals surface area contributed by atoms with E-state index < -0.39 is 0 Å². The van der Waals surface area contributed by atoms with Crippen molar-refractivity contribution in [1.82, 2.24) is 15.1 Å². The monoisotopic (exact) mass is 267 g/mol. The van der Waals surface area contributed by atoms with Gasteiger partial charge in [-0.25, -0.2) is 0 Å². The van der Waals surface area contributed by atoms with Gasteiger partial charge in [-0.2, -0.15) is 0 Å². The van der Waals surface area contributed by atoms with Crippen molar-refractivity contribution in [1.29, 1.82) is 0 Å². The molecular formula is C14H25N3O2. The Balaban J connectivity index is 1.50. The van der Waals surface area contributed by atoms with Gasteiger partial charge in [0.05, 0.1) is 13.2 Å². The third kappa shape index (κ3) is 2.93. The van der Waals surface area contributed by atoms with Crippen LogP contribution in [0.2, 0.25) is 0 Å². The minimum Gasteiger partial charge on any atom is -0.379 e. The van der Waals surface area contributed by atoms with Gasteiger partial charge >= 0.3 is 0 Å². The molecule has 3 saturated heterocycles. The van der Waals surface area contributed by atoms with Crippen LogP contribution in [0, 0.1) is 0 Å². The van der Waals surface area contributed by atoms with E-state index in [-0.39, 0.29) is 0 Å². The van der Waals surface area contributed by atoms with E-state index in [0.29, 0.717) is 24.0 Å². The average Bonchev–Trinajstić information content (AvgIpc) is 2.81. The van der Waals surface area contributed by atoms with Gasteiger partial charge in [-0.1, -0.05) is 0 Å². The van der Waals surface area contributed by atoms with Crippen LogP contribution in [0.1, 0.15) is 26.2 Å². The Bertz CT molecular complexity index is 331. The predicted molar refractivity (Wildman–Crippen MR) is 73.0 cm³/mol. The summed E-state index contributed by atoms with van der Waals surface area (Å²) in [6.45, 7) is 7.96. The largest absolute Gasteiger partial charge is 0.379 e. The second kappa shape index (κ2) is 5.77. The van der Waals surface area contributed by atoms with Crippen molar-refractivity contribution < 1.29 is 9.53 Å². The molecule has 5 heteroatoms. The lowest BCUT2D eigenvalue weighted by atomic mass is 10.0. The van der Waals surface area contributed by atoms with Crippen molar-refractivity contribution in [2.75, 3.05) is 39.4 Å². The van der Waals surface area contributed by atoms with Crippen molar-refractivity contribution >= 4 is 5.91 Å². The number of ether oxygens (including phenoxy) is 1. The summed E-state index contributed by atoms with van der Waals surface area (Å²) >= 11 is 0. The second-order valence-corrected chi connectivity index (χ2v) is 6.09. The van der Waals surface area contributed by atoms with E-state index in [1.165, 1.54) is 0 Å². The van der Waals surface area contributed by atoms with Gasteiger partial charge in [0.1, 0.15) is 0 Å². The van der Waals surface area contributed by atoms with E-state index in [1.807, 2.05) is 0 Å². The van der Waals surface area contributed by atoms with E-state index in [1.54, 1.807) is 0 Å². The number of fused-ring (bicyclic) bond motifs is 1. The molecule has 0 aromatic heterocycles. The predicted octanol–water partition coefficient (Wildman–Crippen LogP) is 0.0600. The Morgan fingerprint density at radius 3 is 3.16 bits per heavy atom. The standard InChI is InChI=1S/C14H25N3O2/c1-11(8-12-10-19-7-4-15-12)16-5-6-17-13(9-16)2-3-14(17)18/h11-13,15H,2-10H2,1H3. The first kappa shape index (κ1) is 13.3. The summed E-state index contributed by atoms with van der Waals surface area (Å²) in [5.41, 5.74) is 0. The fourth-order valence-corrected chi connectivity index (χ4v) is 3.62. The molecule has 3 unspecified atom stereocenters. The molecule has 0 aliphatic carbocycles. The Hall–Kier alpha value is -0.650. The van der Waals surface area contributed by atoms with E-state index in [9.17, 15) is 4.79 Å². The van der Waals surface area contributed by atoms with Crippen LogP contribution in [-0.2, 0) is 9.53 Å². The van der Waals surface area contributed by atoms with Gasteiger partial charge in [0.2, 0.25) is 5.91 Å².